The Kier molecular flexibility index (Phi) is 1.76. The highest BCUT2D eigenvalue weighted by molar-refractivity contribution is 5.60. The van der Waals surface area contributed by atoms with Crippen LogP contribution in [0.3, 0.4) is 0 Å². The SMILES string of the molecule is O=CC12CCC(CO)(CC1)CC2. The molecule has 3 aliphatic carbocycles. The molecule has 68 valence electrons. The quantitative estimate of drug-likeness (QED) is 0.635. The van der Waals surface area contributed by atoms with Crippen LogP contribution >= 0.6 is 0 Å². The number of aldehydes is 1. The molecule has 0 aromatic rings. The Morgan fingerprint density at radius 2 is 1.58 bits per heavy atom. The van der Waals surface area contributed by atoms with E-state index in [4.69, 9.17) is 0 Å². The van der Waals surface area contributed by atoms with Crippen molar-refractivity contribution in [1.82, 2.24) is 0 Å². The first-order valence-electron chi connectivity index (χ1n) is 4.82. The maximum Gasteiger partial charge on any atom is 0.126 e. The van der Waals surface area contributed by atoms with E-state index in [1.165, 1.54) is 0 Å². The number of aliphatic hydroxyl groups is 1. The van der Waals surface area contributed by atoms with E-state index in [1.54, 1.807) is 0 Å². The summed E-state index contributed by atoms with van der Waals surface area (Å²) < 4.78 is 0. The molecule has 1 N–H and O–H groups in total. The van der Waals surface area contributed by atoms with Crippen molar-refractivity contribution in [2.75, 3.05) is 6.61 Å². The van der Waals surface area contributed by atoms with E-state index in [-0.39, 0.29) is 10.8 Å². The maximum atomic E-state index is 10.9. The first-order valence-corrected chi connectivity index (χ1v) is 4.82. The van der Waals surface area contributed by atoms with Gasteiger partial charge < -0.3 is 9.90 Å². The Balaban J connectivity index is 2.14. The molecular formula is C10H16O2. The highest BCUT2D eigenvalue weighted by atomic mass is 16.3. The summed E-state index contributed by atoms with van der Waals surface area (Å²) in [5.41, 5.74) is 0.210. The normalized spacial score (nSPS) is 46.1. The summed E-state index contributed by atoms with van der Waals surface area (Å²) in [6.07, 6.45) is 7.37. The van der Waals surface area contributed by atoms with Crippen LogP contribution < -0.4 is 0 Å². The largest absolute Gasteiger partial charge is 0.396 e. The van der Waals surface area contributed by atoms with Gasteiger partial charge in [-0.3, -0.25) is 0 Å². The molecule has 3 rings (SSSR count). The lowest BCUT2D eigenvalue weighted by atomic mass is 9.54. The molecule has 12 heavy (non-hydrogen) atoms. The highest BCUT2D eigenvalue weighted by Gasteiger charge is 2.48. The summed E-state index contributed by atoms with van der Waals surface area (Å²) in [7, 11) is 0. The zero-order valence-corrected chi connectivity index (χ0v) is 7.38. The molecule has 0 radical (unpaired) electrons. The van der Waals surface area contributed by atoms with Gasteiger partial charge in [-0.1, -0.05) is 0 Å². The molecule has 0 aromatic carbocycles. The van der Waals surface area contributed by atoms with E-state index in [1.807, 2.05) is 0 Å². The Hall–Kier alpha value is -0.370. The molecule has 0 atom stereocenters. The number of fused-ring (bicyclic) bond motifs is 3. The predicted octanol–water partition coefficient (Wildman–Crippen LogP) is 1.52. The van der Waals surface area contributed by atoms with Crippen LogP contribution in [0.2, 0.25) is 0 Å². The Morgan fingerprint density at radius 1 is 1.08 bits per heavy atom. The molecule has 2 nitrogen and oxygen atoms in total. The minimum atomic E-state index is 0.0108. The number of hydrogen-bond acceptors (Lipinski definition) is 2. The van der Waals surface area contributed by atoms with Crippen molar-refractivity contribution in [3.8, 4) is 0 Å². The molecule has 3 saturated carbocycles. The lowest BCUT2D eigenvalue weighted by molar-refractivity contribution is -0.126. The molecule has 0 spiro atoms. The maximum absolute atomic E-state index is 10.9. The van der Waals surface area contributed by atoms with Gasteiger partial charge in [0.1, 0.15) is 6.29 Å². The molecule has 2 bridgehead atoms. The van der Waals surface area contributed by atoms with Crippen LogP contribution in [0, 0.1) is 10.8 Å². The summed E-state index contributed by atoms with van der Waals surface area (Å²) >= 11 is 0. The molecule has 2 heteroatoms. The molecule has 0 aliphatic heterocycles. The van der Waals surface area contributed by atoms with E-state index in [9.17, 15) is 9.90 Å². The number of hydrogen-bond donors (Lipinski definition) is 1. The second kappa shape index (κ2) is 2.56. The zero-order valence-electron chi connectivity index (χ0n) is 7.38. The topological polar surface area (TPSA) is 37.3 Å². The monoisotopic (exact) mass is 168 g/mol. The molecule has 0 unspecified atom stereocenters. The van der Waals surface area contributed by atoms with Gasteiger partial charge >= 0.3 is 0 Å². The highest BCUT2D eigenvalue weighted by Crippen LogP contribution is 2.55. The van der Waals surface area contributed by atoms with Crippen LogP contribution in [0.1, 0.15) is 38.5 Å². The Bertz CT molecular complexity index is 173. The molecule has 3 aliphatic rings. The molecule has 0 amide bonds. The van der Waals surface area contributed by atoms with E-state index in [0.29, 0.717) is 6.61 Å². The number of rotatable bonds is 2. The van der Waals surface area contributed by atoms with Crippen LogP contribution in [0.25, 0.3) is 0 Å². The minimum Gasteiger partial charge on any atom is -0.396 e. The van der Waals surface area contributed by atoms with Crippen LogP contribution in [0.4, 0.5) is 0 Å². The van der Waals surface area contributed by atoms with Gasteiger partial charge in [0.05, 0.1) is 0 Å². The fraction of sp³-hybridized carbons (Fsp3) is 0.900. The number of carbonyl (C=O) groups excluding carboxylic acids is 1. The van der Waals surface area contributed by atoms with Gasteiger partial charge in [0, 0.05) is 12.0 Å². The van der Waals surface area contributed by atoms with Crippen LogP contribution in [0.15, 0.2) is 0 Å². The van der Waals surface area contributed by atoms with Gasteiger partial charge in [-0.15, -0.1) is 0 Å². The second-order valence-electron chi connectivity index (χ2n) is 4.64. The Morgan fingerprint density at radius 3 is 1.92 bits per heavy atom. The summed E-state index contributed by atoms with van der Waals surface area (Å²) in [5, 5.41) is 9.23. The lowest BCUT2D eigenvalue weighted by Crippen LogP contribution is -2.44. The standard InChI is InChI=1S/C10H16O2/c11-7-9-1-2-10(8-12,5-3-9)6-4-9/h7,12H,1-6,8H2. The van der Waals surface area contributed by atoms with Gasteiger partial charge in [0.15, 0.2) is 0 Å². The third kappa shape index (κ3) is 1.01. The van der Waals surface area contributed by atoms with Crippen molar-refractivity contribution in [1.29, 1.82) is 0 Å². The minimum absolute atomic E-state index is 0.0108. The van der Waals surface area contributed by atoms with Crippen LogP contribution in [-0.4, -0.2) is 18.0 Å². The second-order valence-corrected chi connectivity index (χ2v) is 4.64. The van der Waals surface area contributed by atoms with Crippen molar-refractivity contribution in [3.05, 3.63) is 0 Å². The molecule has 0 saturated heterocycles. The summed E-state index contributed by atoms with van der Waals surface area (Å²) in [4.78, 5) is 10.9. The average Bonchev–Trinajstić information content (AvgIpc) is 2.21. The van der Waals surface area contributed by atoms with Crippen molar-refractivity contribution in [2.24, 2.45) is 10.8 Å². The fourth-order valence-electron chi connectivity index (χ4n) is 2.71. The summed E-state index contributed by atoms with van der Waals surface area (Å²) in [6.45, 7) is 0.321. The van der Waals surface area contributed by atoms with E-state index >= 15 is 0 Å². The predicted molar refractivity (Wildman–Crippen MR) is 45.7 cm³/mol. The fourth-order valence-corrected chi connectivity index (χ4v) is 2.71. The van der Waals surface area contributed by atoms with Crippen LogP contribution in [-0.2, 0) is 4.79 Å². The zero-order chi connectivity index (χ0) is 8.66. The molecular weight excluding hydrogens is 152 g/mol. The third-order valence-corrected chi connectivity index (χ3v) is 4.05. The van der Waals surface area contributed by atoms with Crippen LogP contribution in [0.5, 0.6) is 0 Å². The van der Waals surface area contributed by atoms with E-state index in [0.717, 1.165) is 44.8 Å². The van der Waals surface area contributed by atoms with Gasteiger partial charge in [0.25, 0.3) is 0 Å². The average molecular weight is 168 g/mol. The summed E-state index contributed by atoms with van der Waals surface area (Å²) in [6, 6.07) is 0. The van der Waals surface area contributed by atoms with Crippen molar-refractivity contribution in [3.63, 3.8) is 0 Å². The van der Waals surface area contributed by atoms with Crippen molar-refractivity contribution in [2.45, 2.75) is 38.5 Å². The molecule has 0 aromatic heterocycles. The smallest absolute Gasteiger partial charge is 0.126 e. The number of carbonyl (C=O) groups is 1. The van der Waals surface area contributed by atoms with E-state index in [2.05, 4.69) is 0 Å². The third-order valence-electron chi connectivity index (χ3n) is 4.05. The Labute approximate surface area is 73.0 Å². The van der Waals surface area contributed by atoms with Gasteiger partial charge in [-0.2, -0.15) is 0 Å². The molecule has 0 heterocycles. The van der Waals surface area contributed by atoms with Gasteiger partial charge in [-0.25, -0.2) is 0 Å². The van der Waals surface area contributed by atoms with E-state index < -0.39 is 0 Å². The lowest BCUT2D eigenvalue weighted by Gasteiger charge is -2.50. The van der Waals surface area contributed by atoms with Gasteiger partial charge in [-0.05, 0) is 43.9 Å². The van der Waals surface area contributed by atoms with Gasteiger partial charge in [0.2, 0.25) is 0 Å². The van der Waals surface area contributed by atoms with Crippen molar-refractivity contribution >= 4 is 6.29 Å². The summed E-state index contributed by atoms with van der Waals surface area (Å²) in [5.74, 6) is 0. The molecule has 3 fully saturated rings. The number of aliphatic hydroxyl groups excluding tert-OH is 1. The first-order chi connectivity index (χ1) is 5.74. The van der Waals surface area contributed by atoms with Crippen molar-refractivity contribution < 1.29 is 9.90 Å². The first kappa shape index (κ1) is 8.24.